The van der Waals surface area contributed by atoms with Crippen molar-refractivity contribution in [2.45, 2.75) is 19.9 Å². The summed E-state index contributed by atoms with van der Waals surface area (Å²) in [6.45, 7) is 2.45. The molecule has 3 nitrogen and oxygen atoms in total. The van der Waals surface area contributed by atoms with Crippen LogP contribution in [0.1, 0.15) is 28.5 Å². The third kappa shape index (κ3) is 4.05. The van der Waals surface area contributed by atoms with E-state index < -0.39 is 0 Å². The van der Waals surface area contributed by atoms with Crippen LogP contribution in [0.3, 0.4) is 0 Å². The normalized spacial score (nSPS) is 10.3. The Morgan fingerprint density at radius 1 is 1.30 bits per heavy atom. The van der Waals surface area contributed by atoms with Crippen LogP contribution >= 0.6 is 27.5 Å². The van der Waals surface area contributed by atoms with Gasteiger partial charge in [0.15, 0.2) is 0 Å². The quantitative estimate of drug-likeness (QED) is 0.845. The molecule has 1 amide bonds. The zero-order valence-corrected chi connectivity index (χ0v) is 13.3. The molecule has 0 unspecified atom stereocenters. The molecule has 0 bridgehead atoms. The number of rotatable bonds is 4. The highest BCUT2D eigenvalue weighted by Gasteiger charge is 2.08. The van der Waals surface area contributed by atoms with Crippen molar-refractivity contribution in [1.29, 1.82) is 0 Å². The third-order valence-electron chi connectivity index (χ3n) is 2.84. The average molecular weight is 354 g/mol. The zero-order valence-electron chi connectivity index (χ0n) is 11.0. The highest BCUT2D eigenvalue weighted by Crippen LogP contribution is 2.13. The number of benzene rings is 1. The molecule has 0 spiro atoms. The molecule has 5 heteroatoms. The van der Waals surface area contributed by atoms with Gasteiger partial charge >= 0.3 is 0 Å². The molecular weight excluding hydrogens is 340 g/mol. The van der Waals surface area contributed by atoms with Gasteiger partial charge in [-0.2, -0.15) is 0 Å². The number of carbonyl (C=O) groups is 1. The molecular formula is C15H14BrClN2O. The van der Waals surface area contributed by atoms with Gasteiger partial charge in [-0.3, -0.25) is 4.79 Å². The lowest BCUT2D eigenvalue weighted by Crippen LogP contribution is -2.23. The van der Waals surface area contributed by atoms with Crippen molar-refractivity contribution in [3.63, 3.8) is 0 Å². The molecule has 2 rings (SSSR count). The van der Waals surface area contributed by atoms with Crippen LogP contribution in [0.25, 0.3) is 0 Å². The first-order valence-electron chi connectivity index (χ1n) is 6.27. The Hall–Kier alpha value is -1.39. The number of halogens is 2. The zero-order chi connectivity index (χ0) is 14.5. The highest BCUT2D eigenvalue weighted by molar-refractivity contribution is 9.10. The Balaban J connectivity index is 2.04. The summed E-state index contributed by atoms with van der Waals surface area (Å²) in [4.78, 5) is 16.2. The first-order valence-corrected chi connectivity index (χ1v) is 7.44. The van der Waals surface area contributed by atoms with E-state index in [0.717, 1.165) is 22.2 Å². The van der Waals surface area contributed by atoms with E-state index in [1.54, 1.807) is 12.1 Å². The Kier molecular flexibility index (Phi) is 5.15. The van der Waals surface area contributed by atoms with Gasteiger partial charge in [-0.05, 0) is 36.2 Å². The number of nitrogens with one attached hydrogen (secondary N) is 1. The number of aromatic nitrogens is 1. The molecule has 1 N–H and O–H groups in total. The minimum atomic E-state index is -0.146. The second kappa shape index (κ2) is 6.86. The monoisotopic (exact) mass is 352 g/mol. The lowest BCUT2D eigenvalue weighted by Gasteiger charge is -2.07. The van der Waals surface area contributed by atoms with Crippen molar-refractivity contribution in [3.8, 4) is 0 Å². The summed E-state index contributed by atoms with van der Waals surface area (Å²) in [5, 5.41) is 3.22. The molecule has 0 radical (unpaired) electrons. The minimum absolute atomic E-state index is 0.146. The second-order valence-electron chi connectivity index (χ2n) is 4.33. The van der Waals surface area contributed by atoms with Crippen LogP contribution < -0.4 is 5.32 Å². The largest absolute Gasteiger partial charge is 0.348 e. The number of carbonyl (C=O) groups excluding carboxylic acids is 1. The number of hydrogen-bond acceptors (Lipinski definition) is 2. The van der Waals surface area contributed by atoms with Crippen molar-refractivity contribution < 1.29 is 4.79 Å². The van der Waals surface area contributed by atoms with Gasteiger partial charge < -0.3 is 5.32 Å². The van der Waals surface area contributed by atoms with Gasteiger partial charge in [-0.1, -0.05) is 46.6 Å². The summed E-state index contributed by atoms with van der Waals surface area (Å²) in [6.07, 6.45) is 0.744. The van der Waals surface area contributed by atoms with Crippen molar-refractivity contribution >= 4 is 33.4 Å². The molecule has 0 saturated carbocycles. The first-order chi connectivity index (χ1) is 9.58. The van der Waals surface area contributed by atoms with Gasteiger partial charge in [-0.15, -0.1) is 0 Å². The smallest absolute Gasteiger partial charge is 0.251 e. The SMILES string of the molecule is CCc1cc(C(=O)NCc2ccc(Br)cc2)cc(Cl)n1. The molecule has 0 fully saturated rings. The predicted molar refractivity (Wildman–Crippen MR) is 83.9 cm³/mol. The molecule has 1 aromatic heterocycles. The van der Waals surface area contributed by atoms with Crippen molar-refractivity contribution in [2.75, 3.05) is 0 Å². The summed E-state index contributed by atoms with van der Waals surface area (Å²) < 4.78 is 1.01. The van der Waals surface area contributed by atoms with Crippen LogP contribution in [0.2, 0.25) is 5.15 Å². The van der Waals surface area contributed by atoms with E-state index in [1.807, 2.05) is 31.2 Å². The topological polar surface area (TPSA) is 42.0 Å². The van der Waals surface area contributed by atoms with Crippen LogP contribution in [0.15, 0.2) is 40.9 Å². The maximum Gasteiger partial charge on any atom is 0.251 e. The van der Waals surface area contributed by atoms with Gasteiger partial charge in [0.05, 0.1) is 0 Å². The van der Waals surface area contributed by atoms with Gasteiger partial charge in [-0.25, -0.2) is 4.98 Å². The summed E-state index contributed by atoms with van der Waals surface area (Å²) in [5.74, 6) is -0.146. The second-order valence-corrected chi connectivity index (χ2v) is 5.64. The van der Waals surface area contributed by atoms with Gasteiger partial charge in [0.25, 0.3) is 5.91 Å². The first kappa shape index (κ1) is 15.0. The van der Waals surface area contributed by atoms with Crippen molar-refractivity contribution in [2.24, 2.45) is 0 Å². The van der Waals surface area contributed by atoms with E-state index in [9.17, 15) is 4.79 Å². The summed E-state index contributed by atoms with van der Waals surface area (Å²) in [5.41, 5.74) is 2.39. The van der Waals surface area contributed by atoms with E-state index in [1.165, 1.54) is 0 Å². The van der Waals surface area contributed by atoms with Crippen LogP contribution in [-0.2, 0) is 13.0 Å². The molecule has 0 saturated heterocycles. The van der Waals surface area contributed by atoms with Crippen LogP contribution in [0.4, 0.5) is 0 Å². The number of hydrogen-bond donors (Lipinski definition) is 1. The molecule has 0 aliphatic heterocycles. The molecule has 0 atom stereocenters. The molecule has 2 aromatic rings. The minimum Gasteiger partial charge on any atom is -0.348 e. The fourth-order valence-electron chi connectivity index (χ4n) is 1.75. The Morgan fingerprint density at radius 2 is 2.00 bits per heavy atom. The number of pyridine rings is 1. The van der Waals surface area contributed by atoms with Gasteiger partial charge in [0.2, 0.25) is 0 Å². The number of aryl methyl sites for hydroxylation is 1. The van der Waals surface area contributed by atoms with E-state index in [4.69, 9.17) is 11.6 Å². The standard InChI is InChI=1S/C15H14BrClN2O/c1-2-13-7-11(8-14(17)19-13)15(20)18-9-10-3-5-12(16)6-4-10/h3-8H,2,9H2,1H3,(H,18,20). The van der Waals surface area contributed by atoms with Crippen LogP contribution in [0.5, 0.6) is 0 Å². The van der Waals surface area contributed by atoms with Crippen molar-refractivity contribution in [1.82, 2.24) is 10.3 Å². The van der Waals surface area contributed by atoms with E-state index in [0.29, 0.717) is 17.3 Å². The fourth-order valence-corrected chi connectivity index (χ4v) is 2.24. The van der Waals surface area contributed by atoms with Gasteiger partial charge in [0.1, 0.15) is 5.15 Å². The highest BCUT2D eigenvalue weighted by atomic mass is 79.9. The maximum absolute atomic E-state index is 12.1. The Morgan fingerprint density at radius 3 is 2.65 bits per heavy atom. The van der Waals surface area contributed by atoms with Crippen molar-refractivity contribution in [3.05, 3.63) is 62.8 Å². The lowest BCUT2D eigenvalue weighted by molar-refractivity contribution is 0.0950. The summed E-state index contributed by atoms with van der Waals surface area (Å²) in [6, 6.07) is 11.2. The van der Waals surface area contributed by atoms with E-state index in [2.05, 4.69) is 26.2 Å². The Bertz CT molecular complexity index is 614. The van der Waals surface area contributed by atoms with E-state index in [-0.39, 0.29) is 5.91 Å². The maximum atomic E-state index is 12.1. The Labute approximate surface area is 131 Å². The number of amides is 1. The molecule has 1 aromatic carbocycles. The number of nitrogens with zero attached hydrogens (tertiary/aromatic N) is 1. The van der Waals surface area contributed by atoms with E-state index >= 15 is 0 Å². The average Bonchev–Trinajstić information content (AvgIpc) is 2.45. The molecule has 1 heterocycles. The predicted octanol–water partition coefficient (Wildman–Crippen LogP) is 3.99. The van der Waals surface area contributed by atoms with Crippen LogP contribution in [0, 0.1) is 0 Å². The lowest BCUT2D eigenvalue weighted by atomic mass is 10.2. The fraction of sp³-hybridized carbons (Fsp3) is 0.200. The molecule has 104 valence electrons. The molecule has 0 aliphatic carbocycles. The third-order valence-corrected chi connectivity index (χ3v) is 3.56. The summed E-state index contributed by atoms with van der Waals surface area (Å²) in [7, 11) is 0. The van der Waals surface area contributed by atoms with Crippen LogP contribution in [-0.4, -0.2) is 10.9 Å². The molecule has 0 aliphatic rings. The molecule has 20 heavy (non-hydrogen) atoms. The summed E-state index contributed by atoms with van der Waals surface area (Å²) >= 11 is 9.29. The van der Waals surface area contributed by atoms with Gasteiger partial charge in [0, 0.05) is 22.3 Å².